The molecule has 0 aliphatic carbocycles. The van der Waals surface area contributed by atoms with E-state index < -0.39 is 35.5 Å². The van der Waals surface area contributed by atoms with E-state index in [0.717, 1.165) is 29.5 Å². The Morgan fingerprint density at radius 2 is 1.69 bits per heavy atom. The van der Waals surface area contributed by atoms with Gasteiger partial charge in [-0.1, -0.05) is 48.0 Å². The summed E-state index contributed by atoms with van der Waals surface area (Å²) in [5, 5.41) is 7.79. The van der Waals surface area contributed by atoms with Crippen molar-refractivity contribution in [1.29, 1.82) is 0 Å². The number of fused-ring (bicyclic) bond motifs is 3. The highest BCUT2D eigenvalue weighted by molar-refractivity contribution is 6.30. The summed E-state index contributed by atoms with van der Waals surface area (Å²) >= 11 is 6.14. The van der Waals surface area contributed by atoms with Gasteiger partial charge in [-0.15, -0.1) is 0 Å². The van der Waals surface area contributed by atoms with Crippen molar-refractivity contribution in [2.75, 3.05) is 20.7 Å². The van der Waals surface area contributed by atoms with Gasteiger partial charge >= 0.3 is 18.1 Å². The van der Waals surface area contributed by atoms with E-state index in [1.165, 1.54) is 19.1 Å². The minimum Gasteiger partial charge on any atom is -0.475 e. The molecule has 2 amide bonds. The standard InChI is InChI=1S/C25H25ClN2O4.C2HF3O2/c1-27-22(29)19-20(23(27)30)25(24(31)32-2)12-3-4-13-28(25)21(19)16-10-8-15(9-11-16)17-6-5-7-18(26)14-17;3-2(4,5)1(6)7/h5-11,14,19-21H,3-4,12-13H2,1-2H3;(H,6,7)/t19-,20-,21+,25-;/m0./s1. The van der Waals surface area contributed by atoms with E-state index in [2.05, 4.69) is 4.90 Å². The van der Waals surface area contributed by atoms with Gasteiger partial charge < -0.3 is 9.84 Å². The summed E-state index contributed by atoms with van der Waals surface area (Å²) in [7, 11) is 2.87. The van der Waals surface area contributed by atoms with Crippen LogP contribution in [-0.4, -0.2) is 71.1 Å². The van der Waals surface area contributed by atoms with Crippen molar-refractivity contribution in [3.8, 4) is 11.1 Å². The topological polar surface area (TPSA) is 104 Å². The van der Waals surface area contributed by atoms with Gasteiger partial charge in [0.05, 0.1) is 18.9 Å². The van der Waals surface area contributed by atoms with Gasteiger partial charge in [0.25, 0.3) is 0 Å². The Hall–Kier alpha value is -3.44. The number of carbonyl (C=O) groups is 4. The summed E-state index contributed by atoms with van der Waals surface area (Å²) in [4.78, 5) is 51.7. The number of carboxylic acids is 1. The van der Waals surface area contributed by atoms with Crippen LogP contribution in [0.15, 0.2) is 48.5 Å². The number of methoxy groups -OCH3 is 1. The van der Waals surface area contributed by atoms with Crippen molar-refractivity contribution < 1.29 is 42.2 Å². The van der Waals surface area contributed by atoms with Crippen molar-refractivity contribution in [3.63, 3.8) is 0 Å². The number of nitrogens with zero attached hydrogens (tertiary/aromatic N) is 2. The van der Waals surface area contributed by atoms with Crippen LogP contribution in [0.2, 0.25) is 5.02 Å². The van der Waals surface area contributed by atoms with E-state index in [1.54, 1.807) is 0 Å². The molecule has 2 aromatic rings. The molecule has 8 nitrogen and oxygen atoms in total. The first-order chi connectivity index (χ1) is 18.3. The molecule has 4 atom stereocenters. The van der Waals surface area contributed by atoms with Crippen LogP contribution in [0.3, 0.4) is 0 Å². The molecule has 39 heavy (non-hydrogen) atoms. The molecule has 1 N–H and O–H groups in total. The maximum atomic E-state index is 13.2. The second kappa shape index (κ2) is 10.6. The molecule has 3 aliphatic rings. The molecule has 12 heteroatoms. The molecule has 0 aromatic heterocycles. The normalized spacial score (nSPS) is 26.4. The van der Waals surface area contributed by atoms with Crippen LogP contribution in [-0.2, 0) is 23.9 Å². The lowest BCUT2D eigenvalue weighted by Gasteiger charge is -2.44. The monoisotopic (exact) mass is 566 g/mol. The van der Waals surface area contributed by atoms with Gasteiger partial charge in [0.1, 0.15) is 5.54 Å². The van der Waals surface area contributed by atoms with Gasteiger partial charge in [0, 0.05) is 18.1 Å². The molecule has 3 heterocycles. The number of aliphatic carboxylic acids is 1. The maximum Gasteiger partial charge on any atom is 0.490 e. The van der Waals surface area contributed by atoms with Crippen LogP contribution < -0.4 is 0 Å². The lowest BCUT2D eigenvalue weighted by molar-refractivity contribution is -0.192. The first kappa shape index (κ1) is 28.6. The number of alkyl halides is 3. The number of hydrogen-bond donors (Lipinski definition) is 1. The second-order valence-corrected chi connectivity index (χ2v) is 10.1. The zero-order valence-electron chi connectivity index (χ0n) is 21.1. The lowest BCUT2D eigenvalue weighted by atomic mass is 9.75. The minimum atomic E-state index is -5.08. The maximum absolute atomic E-state index is 13.2. The fourth-order valence-corrected chi connectivity index (χ4v) is 6.23. The van der Waals surface area contributed by atoms with Gasteiger partial charge in [-0.3, -0.25) is 24.2 Å². The Morgan fingerprint density at radius 1 is 1.05 bits per heavy atom. The Bertz CT molecular complexity index is 1300. The first-order valence-corrected chi connectivity index (χ1v) is 12.5. The number of benzene rings is 2. The smallest absolute Gasteiger partial charge is 0.475 e. The largest absolute Gasteiger partial charge is 0.490 e. The number of piperidine rings is 1. The van der Waals surface area contributed by atoms with Gasteiger partial charge in [-0.25, -0.2) is 4.79 Å². The molecule has 3 saturated heterocycles. The average molecular weight is 567 g/mol. The quantitative estimate of drug-likeness (QED) is 0.436. The summed E-state index contributed by atoms with van der Waals surface area (Å²) < 4.78 is 37.0. The van der Waals surface area contributed by atoms with Gasteiger partial charge in [-0.2, -0.15) is 13.2 Å². The van der Waals surface area contributed by atoms with Crippen molar-refractivity contribution >= 4 is 35.4 Å². The SMILES string of the molecule is COC(=O)[C@@]12CCCCN1[C@H](c1ccc(-c3cccc(Cl)c3)cc1)[C@H]1C(=O)N(C)C(=O)[C@H]12.O=C(O)C(F)(F)F. The second-order valence-electron chi connectivity index (χ2n) is 9.69. The number of hydrogen-bond acceptors (Lipinski definition) is 6. The third kappa shape index (κ3) is 4.89. The minimum absolute atomic E-state index is 0.221. The van der Waals surface area contributed by atoms with Crippen molar-refractivity contribution in [2.24, 2.45) is 11.8 Å². The Kier molecular flexibility index (Phi) is 7.77. The van der Waals surface area contributed by atoms with Crippen LogP contribution in [0, 0.1) is 11.8 Å². The molecule has 0 spiro atoms. The van der Waals surface area contributed by atoms with E-state index in [1.807, 2.05) is 48.5 Å². The van der Waals surface area contributed by atoms with Crippen molar-refractivity contribution in [1.82, 2.24) is 9.80 Å². The number of halogens is 4. The first-order valence-electron chi connectivity index (χ1n) is 12.2. The molecular formula is C27H26ClF3N2O6. The lowest BCUT2D eigenvalue weighted by Crippen LogP contribution is -2.59. The molecule has 5 rings (SSSR count). The fraction of sp³-hybridized carbons (Fsp3) is 0.407. The molecule has 0 unspecified atom stereocenters. The Morgan fingerprint density at radius 3 is 2.26 bits per heavy atom. The summed E-state index contributed by atoms with van der Waals surface area (Å²) in [6.07, 6.45) is -2.83. The number of carboxylic acid groups (broad SMARTS) is 1. The number of esters is 1. The summed E-state index contributed by atoms with van der Waals surface area (Å²) in [5.74, 6) is -4.99. The number of imide groups is 1. The van der Waals surface area contributed by atoms with E-state index in [9.17, 15) is 27.6 Å². The fourth-order valence-electron chi connectivity index (χ4n) is 6.04. The van der Waals surface area contributed by atoms with Crippen LogP contribution in [0.25, 0.3) is 11.1 Å². The third-order valence-electron chi connectivity index (χ3n) is 7.67. The predicted molar refractivity (Wildman–Crippen MR) is 133 cm³/mol. The van der Waals surface area contributed by atoms with Crippen LogP contribution in [0.4, 0.5) is 13.2 Å². The number of likely N-dealkylation sites (tertiary alicyclic amines) is 1. The van der Waals surface area contributed by atoms with Gasteiger partial charge in [-0.05, 0) is 54.6 Å². The zero-order valence-corrected chi connectivity index (χ0v) is 21.8. The molecule has 0 saturated carbocycles. The van der Waals surface area contributed by atoms with E-state index in [-0.39, 0.29) is 17.9 Å². The average Bonchev–Trinajstić information content (AvgIpc) is 3.34. The van der Waals surface area contributed by atoms with Crippen molar-refractivity contribution in [2.45, 2.75) is 37.0 Å². The summed E-state index contributed by atoms with van der Waals surface area (Å²) in [6.45, 7) is 0.646. The van der Waals surface area contributed by atoms with Gasteiger partial charge in [0.15, 0.2) is 0 Å². The van der Waals surface area contributed by atoms with Crippen LogP contribution >= 0.6 is 11.6 Å². The number of rotatable bonds is 3. The Labute approximate surface area is 227 Å². The molecular weight excluding hydrogens is 541 g/mol. The number of carbonyl (C=O) groups excluding carboxylic acids is 3. The highest BCUT2D eigenvalue weighted by Crippen LogP contribution is 2.58. The highest BCUT2D eigenvalue weighted by Gasteiger charge is 2.72. The van der Waals surface area contributed by atoms with Gasteiger partial charge in [0.2, 0.25) is 11.8 Å². The Balaban J connectivity index is 0.000000448. The predicted octanol–water partition coefficient (Wildman–Crippen LogP) is 4.32. The number of amides is 2. The molecule has 0 bridgehead atoms. The molecule has 0 radical (unpaired) electrons. The van der Waals surface area contributed by atoms with Crippen LogP contribution in [0.5, 0.6) is 0 Å². The van der Waals surface area contributed by atoms with E-state index >= 15 is 0 Å². The van der Waals surface area contributed by atoms with E-state index in [4.69, 9.17) is 26.2 Å². The molecule has 2 aromatic carbocycles. The zero-order chi connectivity index (χ0) is 28.7. The molecule has 3 fully saturated rings. The third-order valence-corrected chi connectivity index (χ3v) is 7.91. The summed E-state index contributed by atoms with van der Waals surface area (Å²) in [5.41, 5.74) is 1.84. The summed E-state index contributed by atoms with van der Waals surface area (Å²) in [6, 6.07) is 15.3. The van der Waals surface area contributed by atoms with E-state index in [0.29, 0.717) is 18.0 Å². The highest BCUT2D eigenvalue weighted by atomic mass is 35.5. The van der Waals surface area contributed by atoms with Crippen LogP contribution in [0.1, 0.15) is 30.9 Å². The molecule has 3 aliphatic heterocycles. The van der Waals surface area contributed by atoms with Crippen molar-refractivity contribution in [3.05, 3.63) is 59.1 Å². The molecule has 208 valence electrons. The number of ether oxygens (including phenoxy) is 1.